The molecule has 0 spiro atoms. The van der Waals surface area contributed by atoms with Gasteiger partial charge in [0.05, 0.1) is 0 Å². The van der Waals surface area contributed by atoms with Crippen LogP contribution in [0.3, 0.4) is 0 Å². The molecule has 114 valence electrons. The summed E-state index contributed by atoms with van der Waals surface area (Å²) >= 11 is 0. The van der Waals surface area contributed by atoms with Gasteiger partial charge in [-0.1, -0.05) is 43.7 Å². The minimum Gasteiger partial charge on any atom is -0.266 e. The van der Waals surface area contributed by atoms with E-state index in [9.17, 15) is 4.39 Å². The number of nitrogens with zero attached hydrogens (tertiary/aromatic N) is 3. The molecule has 0 fully saturated rings. The van der Waals surface area contributed by atoms with Crippen molar-refractivity contribution in [3.63, 3.8) is 0 Å². The minimum atomic E-state index is -0.474. The number of rotatable bonds is 2. The molecule has 0 unspecified atom stereocenters. The topological polar surface area (TPSA) is 37.6 Å². The maximum Gasteiger partial charge on any atom is 0.220 e. The van der Waals surface area contributed by atoms with Gasteiger partial charge in [-0.3, -0.25) is 4.99 Å². The summed E-state index contributed by atoms with van der Waals surface area (Å²) in [5.41, 5.74) is 3.17. The third-order valence-electron chi connectivity index (χ3n) is 3.19. The summed E-state index contributed by atoms with van der Waals surface area (Å²) in [5, 5.41) is 0. The number of hydrogen-bond acceptors (Lipinski definition) is 3. The molecule has 3 rings (SSSR count). The first-order chi connectivity index (χ1) is 10.7. The van der Waals surface area contributed by atoms with Crippen molar-refractivity contribution in [3.05, 3.63) is 53.6 Å². The fraction of sp³-hybridized carbons (Fsp3) is 0.278. The molecule has 0 bridgehead atoms. The van der Waals surface area contributed by atoms with Gasteiger partial charge in [0, 0.05) is 36.5 Å². The summed E-state index contributed by atoms with van der Waals surface area (Å²) in [6.07, 6.45) is 4.16. The van der Waals surface area contributed by atoms with Crippen LogP contribution in [0.4, 0.5) is 4.39 Å². The van der Waals surface area contributed by atoms with Crippen molar-refractivity contribution >= 4 is 12.1 Å². The number of aromatic nitrogens is 1. The Labute approximate surface area is 130 Å². The predicted octanol–water partition coefficient (Wildman–Crippen LogP) is 4.44. The summed E-state index contributed by atoms with van der Waals surface area (Å²) in [7, 11) is 0. The van der Waals surface area contributed by atoms with Crippen LogP contribution in [-0.4, -0.2) is 23.6 Å². The van der Waals surface area contributed by atoms with Crippen LogP contribution >= 0.6 is 0 Å². The zero-order valence-electron chi connectivity index (χ0n) is 13.2. The zero-order valence-corrected chi connectivity index (χ0v) is 13.2. The van der Waals surface area contributed by atoms with Crippen LogP contribution in [0.15, 0.2) is 46.5 Å². The van der Waals surface area contributed by atoms with Crippen LogP contribution in [0.2, 0.25) is 0 Å². The van der Waals surface area contributed by atoms with Crippen LogP contribution in [0.1, 0.15) is 31.4 Å². The fourth-order valence-corrected chi connectivity index (χ4v) is 2.09. The van der Waals surface area contributed by atoms with E-state index >= 15 is 0 Å². The highest BCUT2D eigenvalue weighted by molar-refractivity contribution is 6.04. The lowest BCUT2D eigenvalue weighted by Crippen LogP contribution is -2.06. The summed E-state index contributed by atoms with van der Waals surface area (Å²) in [6.45, 7) is 6.72. The number of aliphatic imine (C=N–C) groups is 2. The molecule has 0 saturated carbocycles. The van der Waals surface area contributed by atoms with E-state index in [4.69, 9.17) is 0 Å². The Balaban J connectivity index is 0.000000847. The Morgan fingerprint density at radius 2 is 1.77 bits per heavy atom. The first-order valence-electron chi connectivity index (χ1n) is 7.54. The third-order valence-corrected chi connectivity index (χ3v) is 3.19. The smallest absolute Gasteiger partial charge is 0.220 e. The fourth-order valence-electron chi connectivity index (χ4n) is 2.09. The molecule has 1 aliphatic heterocycles. The Morgan fingerprint density at radius 3 is 2.41 bits per heavy atom. The molecule has 0 N–H and O–H groups in total. The molecule has 4 heteroatoms. The number of hydrogen-bond donors (Lipinski definition) is 0. The van der Waals surface area contributed by atoms with Gasteiger partial charge in [-0.15, -0.1) is 0 Å². The molecule has 0 amide bonds. The maximum atomic E-state index is 13.9. The van der Waals surface area contributed by atoms with Crippen molar-refractivity contribution in [1.82, 2.24) is 4.98 Å². The van der Waals surface area contributed by atoms with E-state index in [-0.39, 0.29) is 0 Å². The Morgan fingerprint density at radius 1 is 1.05 bits per heavy atom. The Hall–Kier alpha value is -2.36. The van der Waals surface area contributed by atoms with Gasteiger partial charge < -0.3 is 0 Å². The molecule has 22 heavy (non-hydrogen) atoms. The molecule has 0 saturated heterocycles. The lowest BCUT2D eigenvalue weighted by atomic mass is 10.0. The van der Waals surface area contributed by atoms with Crippen molar-refractivity contribution in [2.75, 3.05) is 6.54 Å². The second-order valence-electron chi connectivity index (χ2n) is 4.73. The highest BCUT2D eigenvalue weighted by Gasteiger charge is 2.11. The van der Waals surface area contributed by atoms with Gasteiger partial charge in [-0.2, -0.15) is 4.39 Å². The molecule has 0 aliphatic carbocycles. The summed E-state index contributed by atoms with van der Waals surface area (Å²) in [6, 6.07) is 9.46. The van der Waals surface area contributed by atoms with Crippen LogP contribution in [0, 0.1) is 12.9 Å². The first-order valence-corrected chi connectivity index (χ1v) is 7.54. The Bertz CT molecular complexity index is 688. The van der Waals surface area contributed by atoms with Gasteiger partial charge in [0.1, 0.15) is 0 Å². The van der Waals surface area contributed by atoms with Gasteiger partial charge in [0.25, 0.3) is 0 Å². The lowest BCUT2D eigenvalue weighted by Gasteiger charge is -2.08. The van der Waals surface area contributed by atoms with E-state index in [1.54, 1.807) is 6.07 Å². The molecule has 0 radical (unpaired) electrons. The average molecular weight is 297 g/mol. The van der Waals surface area contributed by atoms with E-state index in [1.807, 2.05) is 51.3 Å². The van der Waals surface area contributed by atoms with Crippen LogP contribution in [0.5, 0.6) is 0 Å². The maximum absolute atomic E-state index is 13.9. The second kappa shape index (κ2) is 7.59. The van der Waals surface area contributed by atoms with Gasteiger partial charge in [0.15, 0.2) is 5.84 Å². The molecule has 3 nitrogen and oxygen atoms in total. The van der Waals surface area contributed by atoms with E-state index < -0.39 is 5.95 Å². The lowest BCUT2D eigenvalue weighted by molar-refractivity contribution is 0.587. The number of benzene rings is 1. The van der Waals surface area contributed by atoms with E-state index in [0.717, 1.165) is 29.7 Å². The number of halogens is 1. The molecule has 2 aromatic rings. The van der Waals surface area contributed by atoms with Gasteiger partial charge in [-0.25, -0.2) is 9.98 Å². The largest absolute Gasteiger partial charge is 0.266 e. The predicted molar refractivity (Wildman–Crippen MR) is 90.2 cm³/mol. The van der Waals surface area contributed by atoms with Crippen LogP contribution < -0.4 is 0 Å². The molecule has 2 heterocycles. The standard InChI is InChI=1S/C16H14FN3.C2H6/c1-11-3-5-12(6-4-11)14-9-13(10-20-15(14)17)16-18-7-2-8-19-16;1-2/h3-7,9-10H,2,8H2,1H3;1-2H3. The van der Waals surface area contributed by atoms with E-state index in [2.05, 4.69) is 15.0 Å². The van der Waals surface area contributed by atoms with Gasteiger partial charge in [-0.05, 0) is 18.6 Å². The Kier molecular flexibility index (Phi) is 5.53. The number of aryl methyl sites for hydroxylation is 1. The summed E-state index contributed by atoms with van der Waals surface area (Å²) < 4.78 is 13.9. The molecular formula is C18H20FN3. The SMILES string of the molecule is CC.Cc1ccc(-c2cc(C3=NCCC=N3)cnc2F)cc1. The monoisotopic (exact) mass is 297 g/mol. The van der Waals surface area contributed by atoms with Crippen molar-refractivity contribution in [3.8, 4) is 11.1 Å². The minimum absolute atomic E-state index is 0.474. The van der Waals surface area contributed by atoms with Crippen molar-refractivity contribution < 1.29 is 4.39 Å². The zero-order chi connectivity index (χ0) is 15.9. The summed E-state index contributed by atoms with van der Waals surface area (Å²) in [4.78, 5) is 12.4. The highest BCUT2D eigenvalue weighted by atomic mass is 19.1. The van der Waals surface area contributed by atoms with Crippen LogP contribution in [-0.2, 0) is 0 Å². The van der Waals surface area contributed by atoms with E-state index in [0.29, 0.717) is 11.4 Å². The van der Waals surface area contributed by atoms with Crippen molar-refractivity contribution in [2.24, 2.45) is 9.98 Å². The number of pyridine rings is 1. The first kappa shape index (κ1) is 16.0. The quantitative estimate of drug-likeness (QED) is 0.755. The van der Waals surface area contributed by atoms with E-state index in [1.165, 1.54) is 6.20 Å². The third kappa shape index (κ3) is 3.64. The molecular weight excluding hydrogens is 277 g/mol. The van der Waals surface area contributed by atoms with Crippen molar-refractivity contribution in [2.45, 2.75) is 27.2 Å². The second-order valence-corrected chi connectivity index (χ2v) is 4.73. The normalized spacial score (nSPS) is 13.2. The van der Waals surface area contributed by atoms with Crippen LogP contribution in [0.25, 0.3) is 11.1 Å². The molecule has 0 atom stereocenters. The van der Waals surface area contributed by atoms with Gasteiger partial charge in [0.2, 0.25) is 5.95 Å². The number of amidine groups is 1. The average Bonchev–Trinajstić information content (AvgIpc) is 2.59. The summed E-state index contributed by atoms with van der Waals surface area (Å²) in [5.74, 6) is 0.148. The van der Waals surface area contributed by atoms with Gasteiger partial charge >= 0.3 is 0 Å². The molecule has 1 aromatic carbocycles. The highest BCUT2D eigenvalue weighted by Crippen LogP contribution is 2.23. The van der Waals surface area contributed by atoms with Crippen molar-refractivity contribution in [1.29, 1.82) is 0 Å². The molecule has 1 aromatic heterocycles. The molecule has 1 aliphatic rings.